The Morgan fingerprint density at radius 2 is 0.980 bits per heavy atom. The Kier molecular flexibility index (Phi) is 34.7. The number of allylic oxidation sites excluding steroid dienone is 4. The third kappa shape index (κ3) is 34.9. The number of phosphoric ester groups is 1. The van der Waals surface area contributed by atoms with Crippen molar-refractivity contribution in [3.63, 3.8) is 0 Å². The van der Waals surface area contributed by atoms with Gasteiger partial charge in [0.2, 0.25) is 0 Å². The standard InChI is InChI=1S/C39H73O10P/c1-3-5-7-9-11-13-15-17-19-20-22-24-26-28-30-38(42)46-34-37(35-48-50(44,45)47-33-36(41)32-40)49-39(43)31-29-27-25-23-21-18-16-14-12-10-8-6-4-2/h14-17,36-37,40-41H,3-13,18-35H2,1-2H3,(H,44,45)/b16-14+,17-15+/t36-,37+/m0/s1. The summed E-state index contributed by atoms with van der Waals surface area (Å²) in [7, 11) is -4.61. The zero-order chi connectivity index (χ0) is 37.0. The minimum absolute atomic E-state index is 0.174. The summed E-state index contributed by atoms with van der Waals surface area (Å²) in [5.41, 5.74) is 0. The molecule has 0 saturated heterocycles. The molecular formula is C39H73O10P. The van der Waals surface area contributed by atoms with Crippen LogP contribution < -0.4 is 0 Å². The van der Waals surface area contributed by atoms with E-state index >= 15 is 0 Å². The monoisotopic (exact) mass is 732 g/mol. The summed E-state index contributed by atoms with van der Waals surface area (Å²) in [6.45, 7) is 2.33. The van der Waals surface area contributed by atoms with E-state index in [1.807, 2.05) is 0 Å². The van der Waals surface area contributed by atoms with Crippen LogP contribution in [0.3, 0.4) is 0 Å². The molecule has 10 nitrogen and oxygen atoms in total. The minimum Gasteiger partial charge on any atom is -0.462 e. The predicted molar refractivity (Wildman–Crippen MR) is 201 cm³/mol. The lowest BCUT2D eigenvalue weighted by Gasteiger charge is -2.20. The molecule has 0 aromatic carbocycles. The highest BCUT2D eigenvalue weighted by atomic mass is 31.2. The number of phosphoric acid groups is 1. The zero-order valence-corrected chi connectivity index (χ0v) is 32.5. The van der Waals surface area contributed by atoms with Gasteiger partial charge in [-0.1, -0.05) is 122 Å². The molecule has 3 N–H and O–H groups in total. The molecule has 0 aliphatic heterocycles. The Morgan fingerprint density at radius 3 is 1.46 bits per heavy atom. The van der Waals surface area contributed by atoms with Gasteiger partial charge in [-0.3, -0.25) is 18.6 Å². The average Bonchev–Trinajstić information content (AvgIpc) is 3.10. The van der Waals surface area contributed by atoms with Crippen molar-refractivity contribution < 1.29 is 47.8 Å². The van der Waals surface area contributed by atoms with Crippen molar-refractivity contribution in [2.45, 2.75) is 187 Å². The van der Waals surface area contributed by atoms with Gasteiger partial charge < -0.3 is 24.6 Å². The van der Waals surface area contributed by atoms with Crippen LogP contribution in [0, 0.1) is 0 Å². The summed E-state index contributed by atoms with van der Waals surface area (Å²) >= 11 is 0. The summed E-state index contributed by atoms with van der Waals surface area (Å²) in [5.74, 6) is -0.944. The Balaban J connectivity index is 4.37. The molecule has 294 valence electrons. The van der Waals surface area contributed by atoms with E-state index < -0.39 is 51.8 Å². The second-order valence-electron chi connectivity index (χ2n) is 13.3. The van der Waals surface area contributed by atoms with E-state index in [1.54, 1.807) is 0 Å². The molecule has 3 atom stereocenters. The molecular weight excluding hydrogens is 659 g/mol. The van der Waals surface area contributed by atoms with Gasteiger partial charge in [0, 0.05) is 12.8 Å². The number of unbranched alkanes of at least 4 members (excludes halogenated alkanes) is 19. The smallest absolute Gasteiger partial charge is 0.462 e. The summed E-state index contributed by atoms with van der Waals surface area (Å²) in [6.07, 6.45) is 32.9. The Labute approximate surface area is 304 Å². The van der Waals surface area contributed by atoms with Gasteiger partial charge in [-0.2, -0.15) is 0 Å². The fourth-order valence-corrected chi connectivity index (χ4v) is 6.01. The predicted octanol–water partition coefficient (Wildman–Crippen LogP) is 9.83. The largest absolute Gasteiger partial charge is 0.472 e. The molecule has 0 rings (SSSR count). The van der Waals surface area contributed by atoms with Crippen molar-refractivity contribution in [2.24, 2.45) is 0 Å². The summed E-state index contributed by atoms with van der Waals surface area (Å²) < 4.78 is 32.6. The van der Waals surface area contributed by atoms with Crippen LogP contribution in [0.2, 0.25) is 0 Å². The molecule has 1 unspecified atom stereocenters. The Hall–Kier alpha value is -1.55. The SMILES string of the molecule is CCCCCC/C=C/CCCCCCCC(=O)O[C@H](COC(=O)CCCCCCC/C=C/CCCCCCC)COP(=O)(O)OC[C@@H](O)CO. The van der Waals surface area contributed by atoms with E-state index in [4.69, 9.17) is 19.1 Å². The van der Waals surface area contributed by atoms with E-state index in [0.717, 1.165) is 77.0 Å². The first-order valence-corrected chi connectivity index (χ1v) is 21.3. The second-order valence-corrected chi connectivity index (χ2v) is 14.8. The van der Waals surface area contributed by atoms with Crippen molar-refractivity contribution in [3.05, 3.63) is 24.3 Å². The Bertz CT molecular complexity index is 894. The van der Waals surface area contributed by atoms with Crippen LogP contribution in [0.25, 0.3) is 0 Å². The van der Waals surface area contributed by atoms with Crippen LogP contribution >= 0.6 is 7.82 Å². The van der Waals surface area contributed by atoms with Gasteiger partial charge in [0.25, 0.3) is 0 Å². The molecule has 0 heterocycles. The zero-order valence-electron chi connectivity index (χ0n) is 31.6. The number of ether oxygens (including phenoxy) is 2. The number of carbonyl (C=O) groups is 2. The minimum atomic E-state index is -4.61. The number of aliphatic hydroxyl groups excluding tert-OH is 2. The quantitative estimate of drug-likeness (QED) is 0.0244. The Morgan fingerprint density at radius 1 is 0.580 bits per heavy atom. The summed E-state index contributed by atoms with van der Waals surface area (Å²) in [6, 6.07) is 0. The third-order valence-corrected chi connectivity index (χ3v) is 9.28. The normalized spacial score (nSPS) is 14.3. The number of hydrogen-bond donors (Lipinski definition) is 3. The van der Waals surface area contributed by atoms with Crippen LogP contribution in [0.4, 0.5) is 0 Å². The van der Waals surface area contributed by atoms with Crippen molar-refractivity contribution in [2.75, 3.05) is 26.4 Å². The molecule has 0 fully saturated rings. The first kappa shape index (κ1) is 48.5. The summed E-state index contributed by atoms with van der Waals surface area (Å²) in [4.78, 5) is 34.8. The first-order chi connectivity index (χ1) is 24.2. The topological polar surface area (TPSA) is 149 Å². The van der Waals surface area contributed by atoms with Crippen molar-refractivity contribution in [1.82, 2.24) is 0 Å². The molecule has 0 amide bonds. The maximum absolute atomic E-state index is 12.5. The van der Waals surface area contributed by atoms with Crippen molar-refractivity contribution >= 4 is 19.8 Å². The molecule has 0 radical (unpaired) electrons. The van der Waals surface area contributed by atoms with Crippen molar-refractivity contribution in [1.29, 1.82) is 0 Å². The van der Waals surface area contributed by atoms with E-state index in [9.17, 15) is 24.2 Å². The van der Waals surface area contributed by atoms with Crippen LogP contribution in [0.15, 0.2) is 24.3 Å². The molecule has 0 aromatic heterocycles. The van der Waals surface area contributed by atoms with E-state index in [-0.39, 0.29) is 19.4 Å². The second kappa shape index (κ2) is 35.8. The van der Waals surface area contributed by atoms with Gasteiger partial charge in [0.15, 0.2) is 6.10 Å². The first-order valence-electron chi connectivity index (χ1n) is 19.8. The number of rotatable bonds is 37. The lowest BCUT2D eigenvalue weighted by molar-refractivity contribution is -0.161. The number of aliphatic hydroxyl groups is 2. The maximum atomic E-state index is 12.5. The van der Waals surface area contributed by atoms with Crippen molar-refractivity contribution in [3.8, 4) is 0 Å². The lowest BCUT2D eigenvalue weighted by Crippen LogP contribution is -2.29. The molecule has 50 heavy (non-hydrogen) atoms. The molecule has 0 spiro atoms. The number of esters is 2. The van der Waals surface area contributed by atoms with Crippen LogP contribution in [-0.4, -0.2) is 65.7 Å². The molecule has 0 aliphatic carbocycles. The van der Waals surface area contributed by atoms with E-state index in [2.05, 4.69) is 42.7 Å². The fraction of sp³-hybridized carbons (Fsp3) is 0.846. The van der Waals surface area contributed by atoms with Crippen LogP contribution in [-0.2, 0) is 32.7 Å². The number of carbonyl (C=O) groups excluding carboxylic acids is 2. The highest BCUT2D eigenvalue weighted by molar-refractivity contribution is 7.47. The van der Waals surface area contributed by atoms with Gasteiger partial charge in [-0.05, 0) is 64.2 Å². The van der Waals surface area contributed by atoms with Crippen LogP contribution in [0.1, 0.15) is 174 Å². The highest BCUT2D eigenvalue weighted by Gasteiger charge is 2.27. The van der Waals surface area contributed by atoms with Gasteiger partial charge in [0.05, 0.1) is 19.8 Å². The number of hydrogen-bond acceptors (Lipinski definition) is 9. The third-order valence-electron chi connectivity index (χ3n) is 8.33. The van der Waals surface area contributed by atoms with Crippen LogP contribution in [0.5, 0.6) is 0 Å². The molecule has 11 heteroatoms. The summed E-state index contributed by atoms with van der Waals surface area (Å²) in [5, 5.41) is 18.3. The van der Waals surface area contributed by atoms with E-state index in [1.165, 1.54) is 57.8 Å². The lowest BCUT2D eigenvalue weighted by atomic mass is 10.1. The molecule has 0 bridgehead atoms. The van der Waals surface area contributed by atoms with E-state index in [0.29, 0.717) is 12.8 Å². The highest BCUT2D eigenvalue weighted by Crippen LogP contribution is 2.43. The van der Waals surface area contributed by atoms with Gasteiger partial charge in [-0.15, -0.1) is 0 Å². The van der Waals surface area contributed by atoms with Gasteiger partial charge in [0.1, 0.15) is 12.7 Å². The maximum Gasteiger partial charge on any atom is 0.472 e. The molecule has 0 aromatic rings. The fourth-order valence-electron chi connectivity index (χ4n) is 5.22. The molecule has 0 saturated carbocycles. The van der Waals surface area contributed by atoms with Gasteiger partial charge in [-0.25, -0.2) is 4.57 Å². The van der Waals surface area contributed by atoms with Gasteiger partial charge >= 0.3 is 19.8 Å². The average molecular weight is 733 g/mol. The molecule has 0 aliphatic rings.